The summed E-state index contributed by atoms with van der Waals surface area (Å²) in [7, 11) is 0. The molecule has 6 atom stereocenters. The maximum atomic E-state index is 13.1. The Bertz CT molecular complexity index is 598. The average Bonchev–Trinajstić information content (AvgIpc) is 3.01. The van der Waals surface area contributed by atoms with Crippen LogP contribution in [0.4, 0.5) is 26.3 Å². The van der Waals surface area contributed by atoms with E-state index in [1.165, 1.54) is 0 Å². The number of hydrogen-bond acceptors (Lipinski definition) is 3. The third kappa shape index (κ3) is 4.26. The highest BCUT2D eigenvalue weighted by Crippen LogP contribution is 2.61. The van der Waals surface area contributed by atoms with E-state index in [4.69, 9.17) is 4.74 Å². The molecule has 0 saturated heterocycles. The number of aliphatic hydroxyl groups is 1. The predicted octanol–water partition coefficient (Wildman–Crippen LogP) is 5.51. The first-order valence-corrected chi connectivity index (χ1v) is 10.0. The Balaban J connectivity index is 2.24. The van der Waals surface area contributed by atoms with Crippen LogP contribution in [0.2, 0.25) is 0 Å². The molecule has 2 rings (SSSR count). The number of carbonyl (C=O) groups excluding carboxylic acids is 1. The minimum Gasteiger partial charge on any atom is -0.462 e. The molecular weight excluding hydrogens is 402 g/mol. The molecule has 2 saturated carbocycles. The molecule has 0 aromatic rings. The Morgan fingerprint density at radius 1 is 1.10 bits per heavy atom. The summed E-state index contributed by atoms with van der Waals surface area (Å²) < 4.78 is 84.0. The Kier molecular flexibility index (Phi) is 6.37. The molecule has 9 heteroatoms. The summed E-state index contributed by atoms with van der Waals surface area (Å²) in [5.41, 5.74) is -5.86. The van der Waals surface area contributed by atoms with Crippen molar-refractivity contribution in [3.05, 3.63) is 0 Å². The summed E-state index contributed by atoms with van der Waals surface area (Å²) in [4.78, 5) is 12.9. The van der Waals surface area contributed by atoms with Gasteiger partial charge in [0.1, 0.15) is 6.10 Å². The van der Waals surface area contributed by atoms with Crippen molar-refractivity contribution in [1.29, 1.82) is 0 Å². The molecular formula is C20H30F6O3. The SMILES string of the molecule is CC(C)CC(CC(O)(C(F)(F)F)C(F)(F)F)OC(=O)C1(C)CC2CC1C(C)C2C. The number of fused-ring (bicyclic) bond motifs is 2. The van der Waals surface area contributed by atoms with Crippen molar-refractivity contribution < 1.29 is 41.0 Å². The highest BCUT2D eigenvalue weighted by Gasteiger charge is 2.71. The van der Waals surface area contributed by atoms with Crippen LogP contribution in [0.5, 0.6) is 0 Å². The Morgan fingerprint density at radius 3 is 2.00 bits per heavy atom. The van der Waals surface area contributed by atoms with Crippen molar-refractivity contribution in [2.45, 2.75) is 84.4 Å². The summed E-state index contributed by atoms with van der Waals surface area (Å²) in [6, 6.07) is 0. The number of carbonyl (C=O) groups is 1. The van der Waals surface area contributed by atoms with Gasteiger partial charge in [0.25, 0.3) is 5.60 Å². The van der Waals surface area contributed by atoms with Gasteiger partial charge in [-0.25, -0.2) is 0 Å². The quantitative estimate of drug-likeness (QED) is 0.445. The smallest absolute Gasteiger partial charge is 0.426 e. The fraction of sp³-hybridized carbons (Fsp3) is 0.950. The molecule has 2 aliphatic rings. The monoisotopic (exact) mass is 432 g/mol. The minimum absolute atomic E-state index is 0.0150. The number of hydrogen-bond donors (Lipinski definition) is 1. The van der Waals surface area contributed by atoms with Gasteiger partial charge in [-0.05, 0) is 55.8 Å². The van der Waals surface area contributed by atoms with Crippen molar-refractivity contribution in [3.63, 3.8) is 0 Å². The number of alkyl halides is 6. The fourth-order valence-corrected chi connectivity index (χ4v) is 5.30. The fourth-order valence-electron chi connectivity index (χ4n) is 5.30. The molecule has 0 aromatic carbocycles. The van der Waals surface area contributed by atoms with Gasteiger partial charge < -0.3 is 9.84 Å². The lowest BCUT2D eigenvalue weighted by molar-refractivity contribution is -0.374. The number of rotatable bonds is 6. The molecule has 1 N–H and O–H groups in total. The molecule has 2 fully saturated rings. The second kappa shape index (κ2) is 7.61. The van der Waals surface area contributed by atoms with E-state index >= 15 is 0 Å². The lowest BCUT2D eigenvalue weighted by atomic mass is 9.67. The lowest BCUT2D eigenvalue weighted by Gasteiger charge is -2.40. The van der Waals surface area contributed by atoms with Crippen LogP contribution in [-0.4, -0.2) is 35.1 Å². The summed E-state index contributed by atoms with van der Waals surface area (Å²) in [5, 5.41) is 9.55. The van der Waals surface area contributed by atoms with Gasteiger partial charge in [-0.3, -0.25) is 4.79 Å². The van der Waals surface area contributed by atoms with E-state index in [2.05, 4.69) is 6.92 Å². The molecule has 0 aromatic heterocycles. The Hall–Kier alpha value is -0.990. The minimum atomic E-state index is -5.94. The van der Waals surface area contributed by atoms with Crippen molar-refractivity contribution in [3.8, 4) is 0 Å². The van der Waals surface area contributed by atoms with Crippen molar-refractivity contribution in [1.82, 2.24) is 0 Å². The van der Waals surface area contributed by atoms with Crippen LogP contribution in [0.1, 0.15) is 60.3 Å². The molecule has 2 bridgehead atoms. The summed E-state index contributed by atoms with van der Waals surface area (Å²) >= 11 is 0. The second-order valence-corrected chi connectivity index (χ2v) is 9.66. The van der Waals surface area contributed by atoms with E-state index in [1.54, 1.807) is 20.8 Å². The van der Waals surface area contributed by atoms with Gasteiger partial charge in [-0.1, -0.05) is 27.7 Å². The molecule has 0 aliphatic heterocycles. The van der Waals surface area contributed by atoms with Crippen LogP contribution in [0.3, 0.4) is 0 Å². The zero-order valence-electron chi connectivity index (χ0n) is 17.3. The van der Waals surface area contributed by atoms with Gasteiger partial charge in [-0.2, -0.15) is 26.3 Å². The van der Waals surface area contributed by atoms with Gasteiger partial charge >= 0.3 is 18.3 Å². The first-order valence-electron chi connectivity index (χ1n) is 10.0. The summed E-state index contributed by atoms with van der Waals surface area (Å²) in [6.07, 6.45) is -14.2. The van der Waals surface area contributed by atoms with Crippen LogP contribution in [0.25, 0.3) is 0 Å². The Labute approximate surface area is 167 Å². The molecule has 0 radical (unpaired) electrons. The maximum Gasteiger partial charge on any atom is 0.426 e. The third-order valence-corrected chi connectivity index (χ3v) is 7.20. The molecule has 3 nitrogen and oxygen atoms in total. The van der Waals surface area contributed by atoms with Crippen LogP contribution in [0, 0.1) is 35.0 Å². The van der Waals surface area contributed by atoms with Gasteiger partial charge in [0.05, 0.1) is 5.41 Å². The van der Waals surface area contributed by atoms with Gasteiger partial charge in [0.15, 0.2) is 0 Å². The van der Waals surface area contributed by atoms with Crippen LogP contribution in [0.15, 0.2) is 0 Å². The molecule has 2 aliphatic carbocycles. The van der Waals surface area contributed by atoms with Gasteiger partial charge in [0.2, 0.25) is 0 Å². The second-order valence-electron chi connectivity index (χ2n) is 9.66. The zero-order valence-corrected chi connectivity index (χ0v) is 17.3. The maximum absolute atomic E-state index is 13.1. The van der Waals surface area contributed by atoms with E-state index in [1.807, 2.05) is 6.92 Å². The first kappa shape index (κ1) is 24.3. The average molecular weight is 432 g/mol. The highest BCUT2D eigenvalue weighted by molar-refractivity contribution is 5.78. The Morgan fingerprint density at radius 2 is 1.62 bits per heavy atom. The molecule has 0 amide bonds. The van der Waals surface area contributed by atoms with Crippen LogP contribution < -0.4 is 0 Å². The first-order chi connectivity index (χ1) is 12.9. The van der Waals surface area contributed by atoms with Crippen LogP contribution in [-0.2, 0) is 9.53 Å². The third-order valence-electron chi connectivity index (χ3n) is 7.20. The van der Waals surface area contributed by atoms with E-state index in [0.29, 0.717) is 18.3 Å². The van der Waals surface area contributed by atoms with Gasteiger partial charge in [-0.15, -0.1) is 0 Å². The van der Waals surface area contributed by atoms with E-state index in [0.717, 1.165) is 6.42 Å². The number of halogens is 6. The topological polar surface area (TPSA) is 46.5 Å². The normalized spacial score (nSPS) is 34.0. The van der Waals surface area contributed by atoms with Crippen molar-refractivity contribution in [2.75, 3.05) is 0 Å². The van der Waals surface area contributed by atoms with Crippen molar-refractivity contribution in [2.24, 2.45) is 35.0 Å². The van der Waals surface area contributed by atoms with E-state index in [-0.39, 0.29) is 24.2 Å². The molecule has 0 spiro atoms. The largest absolute Gasteiger partial charge is 0.462 e. The standard InChI is InChI=1S/C20H30F6O3/c1-10(2)6-14(9-18(28,19(21,22)23)20(24,25)26)29-16(27)17(5)8-13-7-15(17)12(4)11(13)3/h10-15,28H,6-9H2,1-5H3. The van der Waals surface area contributed by atoms with E-state index in [9.17, 15) is 36.2 Å². The molecule has 170 valence electrons. The molecule has 29 heavy (non-hydrogen) atoms. The molecule has 0 heterocycles. The number of esters is 1. The lowest BCUT2D eigenvalue weighted by Crippen LogP contribution is -2.59. The van der Waals surface area contributed by atoms with E-state index < -0.39 is 41.9 Å². The van der Waals surface area contributed by atoms with Gasteiger partial charge in [0, 0.05) is 6.42 Å². The molecule has 6 unspecified atom stereocenters. The highest BCUT2D eigenvalue weighted by atomic mass is 19.4. The summed E-state index contributed by atoms with van der Waals surface area (Å²) in [6.45, 7) is 8.99. The van der Waals surface area contributed by atoms with Crippen molar-refractivity contribution >= 4 is 5.97 Å². The number of ether oxygens (including phenoxy) is 1. The predicted molar refractivity (Wildman–Crippen MR) is 93.7 cm³/mol. The van der Waals surface area contributed by atoms with Crippen LogP contribution >= 0.6 is 0 Å². The zero-order chi connectivity index (χ0) is 22.6. The summed E-state index contributed by atoms with van der Waals surface area (Å²) in [5.74, 6) is -0.186.